The van der Waals surface area contributed by atoms with Crippen molar-refractivity contribution in [3.05, 3.63) is 33.9 Å². The van der Waals surface area contributed by atoms with Crippen LogP contribution in [0, 0.1) is 10.1 Å². The lowest BCUT2D eigenvalue weighted by atomic mass is 10.1. The van der Waals surface area contributed by atoms with Crippen LogP contribution in [0.5, 0.6) is 0 Å². The van der Waals surface area contributed by atoms with Crippen LogP contribution in [0.25, 0.3) is 0 Å². The molecule has 1 saturated carbocycles. The van der Waals surface area contributed by atoms with Gasteiger partial charge >= 0.3 is 5.69 Å². The second kappa shape index (κ2) is 6.18. The van der Waals surface area contributed by atoms with Gasteiger partial charge in [0.25, 0.3) is 5.91 Å². The summed E-state index contributed by atoms with van der Waals surface area (Å²) in [4.78, 5) is 33.8. The molecule has 9 heteroatoms. The minimum Gasteiger partial charge on any atom is -0.352 e. The lowest BCUT2D eigenvalue weighted by Gasteiger charge is -2.08. The highest BCUT2D eigenvalue weighted by atomic mass is 16.6. The molecule has 0 heterocycles. The first-order valence-electron chi connectivity index (χ1n) is 6.34. The van der Waals surface area contributed by atoms with Gasteiger partial charge in [0.1, 0.15) is 11.3 Å². The highest BCUT2D eigenvalue weighted by Crippen LogP contribution is 2.27. The van der Waals surface area contributed by atoms with Gasteiger partial charge in [-0.05, 0) is 25.0 Å². The molecule has 112 valence electrons. The van der Waals surface area contributed by atoms with Crippen LogP contribution < -0.4 is 21.9 Å². The maximum absolute atomic E-state index is 12.0. The summed E-state index contributed by atoms with van der Waals surface area (Å²) in [6, 6.07) is 4.33. The van der Waals surface area contributed by atoms with E-state index in [0.717, 1.165) is 12.8 Å². The molecule has 0 bridgehead atoms. The van der Waals surface area contributed by atoms with Gasteiger partial charge in [0, 0.05) is 6.04 Å². The first-order chi connectivity index (χ1) is 10.0. The van der Waals surface area contributed by atoms with Crippen molar-refractivity contribution in [1.82, 2.24) is 10.6 Å². The van der Waals surface area contributed by atoms with Crippen molar-refractivity contribution in [3.63, 3.8) is 0 Å². The number of nitrogens with one attached hydrogen (secondary N) is 3. The second-order valence-corrected chi connectivity index (χ2v) is 4.63. The van der Waals surface area contributed by atoms with Gasteiger partial charge in [-0.25, -0.2) is 0 Å². The fourth-order valence-electron chi connectivity index (χ4n) is 1.80. The summed E-state index contributed by atoms with van der Waals surface area (Å²) < 4.78 is 0. The molecule has 0 aliphatic heterocycles. The van der Waals surface area contributed by atoms with Crippen molar-refractivity contribution in [1.29, 1.82) is 0 Å². The smallest absolute Gasteiger partial charge is 0.306 e. The highest BCUT2D eigenvalue weighted by molar-refractivity contribution is 6.01. The van der Waals surface area contributed by atoms with Crippen molar-refractivity contribution in [2.24, 2.45) is 5.84 Å². The van der Waals surface area contributed by atoms with E-state index < -0.39 is 16.5 Å². The molecule has 0 atom stereocenters. The Morgan fingerprint density at radius 2 is 2.10 bits per heavy atom. The summed E-state index contributed by atoms with van der Waals surface area (Å²) in [5, 5.41) is 16.1. The molecule has 0 saturated heterocycles. The predicted molar refractivity (Wildman–Crippen MR) is 74.4 cm³/mol. The van der Waals surface area contributed by atoms with Crippen LogP contribution >= 0.6 is 0 Å². The normalized spacial score (nSPS) is 13.4. The summed E-state index contributed by atoms with van der Waals surface area (Å²) in [5.41, 5.74) is 1.61. The number of nitrogens with zero attached hydrogens (tertiary/aromatic N) is 1. The standard InChI is InChI=1S/C12H15N5O4/c13-16-9-3-1-2-8(11(9)17(20)21)12(19)14-6-10(18)15-7-4-5-7/h1-3,7,16H,4-6,13H2,(H,14,19)(H,15,18). The Balaban J connectivity index is 2.07. The van der Waals surface area contributed by atoms with E-state index in [0.29, 0.717) is 0 Å². The number of anilines is 1. The summed E-state index contributed by atoms with van der Waals surface area (Å²) in [7, 11) is 0. The van der Waals surface area contributed by atoms with Gasteiger partial charge in [0.2, 0.25) is 5.91 Å². The van der Waals surface area contributed by atoms with Crippen LogP contribution in [-0.4, -0.2) is 29.3 Å². The van der Waals surface area contributed by atoms with E-state index in [1.54, 1.807) is 0 Å². The number of hydrogen-bond donors (Lipinski definition) is 4. The Labute approximate surface area is 120 Å². The number of hydrazine groups is 1. The Bertz CT molecular complexity index is 585. The third-order valence-electron chi connectivity index (χ3n) is 2.97. The average Bonchev–Trinajstić information content (AvgIpc) is 3.27. The molecule has 2 amide bonds. The summed E-state index contributed by atoms with van der Waals surface area (Å²) in [5.74, 6) is 4.17. The molecule has 5 N–H and O–H groups in total. The zero-order chi connectivity index (χ0) is 15.4. The molecule has 21 heavy (non-hydrogen) atoms. The first kappa shape index (κ1) is 14.7. The molecule has 0 aromatic heterocycles. The number of para-hydroxylation sites is 1. The average molecular weight is 293 g/mol. The Morgan fingerprint density at radius 3 is 2.67 bits per heavy atom. The van der Waals surface area contributed by atoms with Gasteiger partial charge in [0.05, 0.1) is 11.5 Å². The molecule has 1 fully saturated rings. The second-order valence-electron chi connectivity index (χ2n) is 4.63. The van der Waals surface area contributed by atoms with Crippen LogP contribution in [0.3, 0.4) is 0 Å². The number of hydrogen-bond acceptors (Lipinski definition) is 6. The van der Waals surface area contributed by atoms with E-state index in [-0.39, 0.29) is 29.7 Å². The number of benzene rings is 1. The van der Waals surface area contributed by atoms with Gasteiger partial charge in [-0.3, -0.25) is 25.5 Å². The number of carbonyl (C=O) groups is 2. The van der Waals surface area contributed by atoms with E-state index in [2.05, 4.69) is 16.1 Å². The fraction of sp³-hybridized carbons (Fsp3) is 0.333. The van der Waals surface area contributed by atoms with Crippen molar-refractivity contribution >= 4 is 23.2 Å². The Kier molecular flexibility index (Phi) is 4.33. The molecule has 1 aromatic rings. The SMILES string of the molecule is NNc1cccc(C(=O)NCC(=O)NC2CC2)c1[N+](=O)[O-]. The molecule has 1 aliphatic carbocycles. The maximum Gasteiger partial charge on any atom is 0.306 e. The highest BCUT2D eigenvalue weighted by Gasteiger charge is 2.26. The minimum atomic E-state index is -0.704. The van der Waals surface area contributed by atoms with Crippen molar-refractivity contribution in [2.75, 3.05) is 12.0 Å². The monoisotopic (exact) mass is 293 g/mol. The first-order valence-corrected chi connectivity index (χ1v) is 6.34. The number of rotatable bonds is 6. The van der Waals surface area contributed by atoms with Gasteiger partial charge in [-0.2, -0.15) is 0 Å². The van der Waals surface area contributed by atoms with Crippen LogP contribution in [0.4, 0.5) is 11.4 Å². The molecular weight excluding hydrogens is 278 g/mol. The Morgan fingerprint density at radius 1 is 1.38 bits per heavy atom. The third-order valence-corrected chi connectivity index (χ3v) is 2.97. The van der Waals surface area contributed by atoms with Gasteiger partial charge < -0.3 is 16.1 Å². The lowest BCUT2D eigenvalue weighted by molar-refractivity contribution is -0.384. The third kappa shape index (κ3) is 3.66. The number of carbonyl (C=O) groups excluding carboxylic acids is 2. The number of nitro groups is 1. The Hall–Kier alpha value is -2.68. The topological polar surface area (TPSA) is 139 Å². The van der Waals surface area contributed by atoms with Crippen molar-refractivity contribution < 1.29 is 14.5 Å². The van der Waals surface area contributed by atoms with Crippen LogP contribution in [-0.2, 0) is 4.79 Å². The summed E-state index contributed by atoms with van der Waals surface area (Å²) in [6.07, 6.45) is 1.88. The maximum atomic E-state index is 12.0. The molecule has 0 radical (unpaired) electrons. The summed E-state index contributed by atoms with van der Waals surface area (Å²) in [6.45, 7) is -0.229. The van der Waals surface area contributed by atoms with Crippen molar-refractivity contribution in [3.8, 4) is 0 Å². The molecule has 2 rings (SSSR count). The number of nitro benzene ring substituents is 1. The quantitative estimate of drug-likeness (QED) is 0.328. The predicted octanol–water partition coefficient (Wildman–Crippen LogP) is -0.111. The molecule has 1 aliphatic rings. The number of nitrogens with two attached hydrogens (primary N) is 1. The molecule has 1 aromatic carbocycles. The zero-order valence-corrected chi connectivity index (χ0v) is 11.1. The van der Waals surface area contributed by atoms with Gasteiger partial charge in [-0.15, -0.1) is 0 Å². The van der Waals surface area contributed by atoms with Crippen LogP contribution in [0.2, 0.25) is 0 Å². The molecule has 0 spiro atoms. The largest absolute Gasteiger partial charge is 0.352 e. The van der Waals surface area contributed by atoms with Crippen LogP contribution in [0.15, 0.2) is 18.2 Å². The van der Waals surface area contributed by atoms with E-state index in [9.17, 15) is 19.7 Å². The number of amides is 2. The molecule has 0 unspecified atom stereocenters. The van der Waals surface area contributed by atoms with Crippen molar-refractivity contribution in [2.45, 2.75) is 18.9 Å². The molecule has 9 nitrogen and oxygen atoms in total. The van der Waals surface area contributed by atoms with E-state index in [1.807, 2.05) is 0 Å². The lowest BCUT2D eigenvalue weighted by Crippen LogP contribution is -2.38. The van der Waals surface area contributed by atoms with E-state index in [4.69, 9.17) is 5.84 Å². The fourth-order valence-corrected chi connectivity index (χ4v) is 1.80. The minimum absolute atomic E-state index is 0.0232. The van der Waals surface area contributed by atoms with Crippen LogP contribution in [0.1, 0.15) is 23.2 Å². The van der Waals surface area contributed by atoms with Gasteiger partial charge in [-0.1, -0.05) is 6.07 Å². The summed E-state index contributed by atoms with van der Waals surface area (Å²) >= 11 is 0. The van der Waals surface area contributed by atoms with E-state index >= 15 is 0 Å². The number of nitrogen functional groups attached to an aromatic ring is 1. The zero-order valence-electron chi connectivity index (χ0n) is 11.1. The van der Waals surface area contributed by atoms with E-state index in [1.165, 1.54) is 18.2 Å². The van der Waals surface area contributed by atoms with Gasteiger partial charge in [0.15, 0.2) is 0 Å². The molecular formula is C12H15N5O4.